The Kier molecular flexibility index (Phi) is 3.28. The number of nitrogens with two attached hydrogens (primary N) is 1. The maximum absolute atomic E-state index is 13.7. The summed E-state index contributed by atoms with van der Waals surface area (Å²) >= 11 is 1.01. The van der Waals surface area contributed by atoms with Crippen LogP contribution in [0.4, 0.5) is 10.1 Å². The third kappa shape index (κ3) is 2.19. The summed E-state index contributed by atoms with van der Waals surface area (Å²) in [6.45, 7) is 0. The first kappa shape index (κ1) is 12.5. The van der Waals surface area contributed by atoms with E-state index in [0.717, 1.165) is 11.8 Å². The normalized spacial score (nSPS) is 10.6. The van der Waals surface area contributed by atoms with Gasteiger partial charge >= 0.3 is 5.69 Å². The summed E-state index contributed by atoms with van der Waals surface area (Å²) in [5.74, 6) is -0.117. The minimum Gasteiger partial charge on any atom is -0.495 e. The number of hydrogen-bond acceptors (Lipinski definition) is 5. The summed E-state index contributed by atoms with van der Waals surface area (Å²) in [6, 6.07) is 2.64. The van der Waals surface area contributed by atoms with E-state index < -0.39 is 5.82 Å². The van der Waals surface area contributed by atoms with E-state index >= 15 is 0 Å². The fourth-order valence-electron chi connectivity index (χ4n) is 1.33. The Labute approximate surface area is 106 Å². The monoisotopic (exact) mass is 270 g/mol. The maximum Gasteiger partial charge on any atom is 0.343 e. The van der Waals surface area contributed by atoms with Gasteiger partial charge in [0.05, 0.1) is 17.7 Å². The van der Waals surface area contributed by atoms with Gasteiger partial charge in [-0.2, -0.15) is 0 Å². The highest BCUT2D eigenvalue weighted by Gasteiger charge is 2.13. The lowest BCUT2D eigenvalue weighted by Crippen LogP contribution is -2.12. The van der Waals surface area contributed by atoms with Gasteiger partial charge in [-0.3, -0.25) is 4.57 Å². The largest absolute Gasteiger partial charge is 0.495 e. The third-order valence-corrected chi connectivity index (χ3v) is 3.40. The molecule has 0 aliphatic heterocycles. The van der Waals surface area contributed by atoms with Gasteiger partial charge in [0.1, 0.15) is 11.6 Å². The van der Waals surface area contributed by atoms with Gasteiger partial charge in [-0.25, -0.2) is 14.3 Å². The number of nitrogens with one attached hydrogen (secondary N) is 1. The molecule has 1 heterocycles. The molecule has 0 unspecified atom stereocenters. The fourth-order valence-corrected chi connectivity index (χ4v) is 2.16. The van der Waals surface area contributed by atoms with Crippen LogP contribution in [0.5, 0.6) is 5.75 Å². The number of benzene rings is 1. The summed E-state index contributed by atoms with van der Waals surface area (Å²) in [5, 5.41) is 6.41. The molecule has 0 fully saturated rings. The van der Waals surface area contributed by atoms with Crippen molar-refractivity contribution < 1.29 is 9.13 Å². The topological polar surface area (TPSA) is 85.9 Å². The van der Waals surface area contributed by atoms with Gasteiger partial charge in [-0.05, 0) is 17.8 Å². The van der Waals surface area contributed by atoms with Crippen LogP contribution in [0.3, 0.4) is 0 Å². The Balaban J connectivity index is 2.40. The van der Waals surface area contributed by atoms with Crippen LogP contribution in [0.25, 0.3) is 0 Å². The number of anilines is 1. The lowest BCUT2D eigenvalue weighted by molar-refractivity contribution is 0.414. The second-order valence-electron chi connectivity index (χ2n) is 3.50. The molecule has 0 saturated heterocycles. The van der Waals surface area contributed by atoms with E-state index in [-0.39, 0.29) is 16.3 Å². The molecule has 0 aliphatic rings. The van der Waals surface area contributed by atoms with Gasteiger partial charge in [-0.15, -0.1) is 5.10 Å². The van der Waals surface area contributed by atoms with E-state index in [1.165, 1.54) is 23.8 Å². The molecular formula is C10H11FN4O2S. The maximum atomic E-state index is 13.7. The molecule has 6 nitrogen and oxygen atoms in total. The standard InChI is InChI=1S/C10H11FN4O2S/c1-15-9(16)13-14-10(15)18-8-4-7(17-2)6(12)3-5(8)11/h3-4H,12H2,1-2H3,(H,13,16). The Morgan fingerprint density at radius 1 is 1.56 bits per heavy atom. The van der Waals surface area contributed by atoms with E-state index in [1.54, 1.807) is 7.05 Å². The van der Waals surface area contributed by atoms with Crippen LogP contribution in [-0.4, -0.2) is 21.9 Å². The summed E-state index contributed by atoms with van der Waals surface area (Å²) in [6.07, 6.45) is 0. The van der Waals surface area contributed by atoms with Crippen LogP contribution in [-0.2, 0) is 7.05 Å². The molecule has 0 bridgehead atoms. The molecule has 0 radical (unpaired) electrons. The van der Waals surface area contributed by atoms with Crippen molar-refractivity contribution in [1.29, 1.82) is 0 Å². The van der Waals surface area contributed by atoms with E-state index in [0.29, 0.717) is 10.9 Å². The second-order valence-corrected chi connectivity index (χ2v) is 4.51. The molecule has 0 spiro atoms. The minimum absolute atomic E-state index is 0.218. The smallest absolute Gasteiger partial charge is 0.343 e. The van der Waals surface area contributed by atoms with Crippen molar-refractivity contribution in [3.63, 3.8) is 0 Å². The predicted molar refractivity (Wildman–Crippen MR) is 65.3 cm³/mol. The van der Waals surface area contributed by atoms with Crippen molar-refractivity contribution in [2.75, 3.05) is 12.8 Å². The third-order valence-electron chi connectivity index (χ3n) is 2.32. The van der Waals surface area contributed by atoms with Gasteiger partial charge < -0.3 is 10.5 Å². The Morgan fingerprint density at radius 2 is 2.28 bits per heavy atom. The van der Waals surface area contributed by atoms with E-state index in [1.807, 2.05) is 0 Å². The molecule has 0 saturated carbocycles. The van der Waals surface area contributed by atoms with Gasteiger partial charge in [0.25, 0.3) is 0 Å². The minimum atomic E-state index is -0.492. The first-order valence-corrected chi connectivity index (χ1v) is 5.77. The quantitative estimate of drug-likeness (QED) is 0.812. The molecule has 96 valence electrons. The Hall–Kier alpha value is -1.96. The molecule has 1 aromatic carbocycles. The van der Waals surface area contributed by atoms with Crippen molar-refractivity contribution >= 4 is 17.4 Å². The highest BCUT2D eigenvalue weighted by atomic mass is 32.2. The summed E-state index contributed by atoms with van der Waals surface area (Å²) in [7, 11) is 2.99. The van der Waals surface area contributed by atoms with E-state index in [4.69, 9.17) is 10.5 Å². The van der Waals surface area contributed by atoms with Crippen molar-refractivity contribution in [2.24, 2.45) is 7.05 Å². The zero-order chi connectivity index (χ0) is 13.3. The first-order valence-electron chi connectivity index (χ1n) is 4.95. The lowest BCUT2D eigenvalue weighted by atomic mass is 10.3. The van der Waals surface area contributed by atoms with Crippen LogP contribution >= 0.6 is 11.8 Å². The summed E-state index contributed by atoms with van der Waals surface area (Å²) in [5.41, 5.74) is 5.43. The molecule has 0 atom stereocenters. The Morgan fingerprint density at radius 3 is 2.83 bits per heavy atom. The van der Waals surface area contributed by atoms with Crippen molar-refractivity contribution in [1.82, 2.24) is 14.8 Å². The molecule has 2 aromatic rings. The number of aromatic amines is 1. The first-order chi connectivity index (χ1) is 8.52. The van der Waals surface area contributed by atoms with Crippen LogP contribution in [0.15, 0.2) is 27.0 Å². The van der Waals surface area contributed by atoms with E-state index in [2.05, 4.69) is 10.2 Å². The number of methoxy groups -OCH3 is 1. The molecule has 1 aromatic heterocycles. The number of hydrogen-bond donors (Lipinski definition) is 2. The lowest BCUT2D eigenvalue weighted by Gasteiger charge is -2.08. The number of ether oxygens (including phenoxy) is 1. The highest BCUT2D eigenvalue weighted by molar-refractivity contribution is 7.99. The Bertz CT molecular complexity index is 637. The number of nitrogen functional groups attached to an aromatic ring is 1. The highest BCUT2D eigenvalue weighted by Crippen LogP contribution is 2.33. The molecule has 3 N–H and O–H groups in total. The van der Waals surface area contributed by atoms with Crippen molar-refractivity contribution in [3.05, 3.63) is 28.4 Å². The molecular weight excluding hydrogens is 259 g/mol. The summed E-state index contributed by atoms with van der Waals surface area (Å²) < 4.78 is 20.0. The zero-order valence-corrected chi connectivity index (χ0v) is 10.5. The van der Waals surface area contributed by atoms with Crippen LogP contribution < -0.4 is 16.2 Å². The van der Waals surface area contributed by atoms with E-state index in [9.17, 15) is 9.18 Å². The molecule has 2 rings (SSSR count). The number of rotatable bonds is 3. The predicted octanol–water partition coefficient (Wildman–Crippen LogP) is 0.989. The average Bonchev–Trinajstić information content (AvgIpc) is 2.64. The molecule has 8 heteroatoms. The SMILES string of the molecule is COc1cc(Sc2n[nH]c(=O)n2C)c(F)cc1N. The molecule has 0 aliphatic carbocycles. The summed E-state index contributed by atoms with van der Waals surface area (Å²) in [4.78, 5) is 11.5. The fraction of sp³-hybridized carbons (Fsp3) is 0.200. The van der Waals surface area contributed by atoms with Crippen LogP contribution in [0, 0.1) is 5.82 Å². The van der Waals surface area contributed by atoms with Crippen LogP contribution in [0.1, 0.15) is 0 Å². The number of aromatic nitrogens is 3. The number of nitrogens with zero attached hydrogens (tertiary/aromatic N) is 2. The number of H-pyrrole nitrogens is 1. The number of halogens is 1. The molecule has 18 heavy (non-hydrogen) atoms. The van der Waals surface area contributed by atoms with Crippen LogP contribution in [0.2, 0.25) is 0 Å². The molecule has 0 amide bonds. The van der Waals surface area contributed by atoms with Gasteiger partial charge in [0.15, 0.2) is 5.16 Å². The van der Waals surface area contributed by atoms with Crippen molar-refractivity contribution in [3.8, 4) is 5.75 Å². The second kappa shape index (κ2) is 4.73. The van der Waals surface area contributed by atoms with Gasteiger partial charge in [0, 0.05) is 13.1 Å². The zero-order valence-electron chi connectivity index (χ0n) is 9.73. The van der Waals surface area contributed by atoms with Crippen molar-refractivity contribution in [2.45, 2.75) is 10.1 Å². The average molecular weight is 270 g/mol. The van der Waals surface area contributed by atoms with Gasteiger partial charge in [-0.1, -0.05) is 0 Å². The van der Waals surface area contributed by atoms with Gasteiger partial charge in [0.2, 0.25) is 0 Å².